The molecule has 5 heteroatoms. The van der Waals surface area contributed by atoms with Gasteiger partial charge in [0.2, 0.25) is 0 Å². The first-order chi connectivity index (χ1) is 13.2. The standard InChI is InChI=1S/C22H28N2O3/c1-4-15-27-18-12-10-17(11-13-18)22(5-2)23-20-9-7-6-8-19(20)21(25)24(22)14-16-26-3/h6-13,23H,4-5,14-16H2,1-3H3. The van der Waals surface area contributed by atoms with E-state index in [4.69, 9.17) is 9.47 Å². The predicted octanol–water partition coefficient (Wildman–Crippen LogP) is 4.25. The summed E-state index contributed by atoms with van der Waals surface area (Å²) in [6.45, 7) is 5.87. The quantitative estimate of drug-likeness (QED) is 0.757. The summed E-state index contributed by atoms with van der Waals surface area (Å²) in [6.07, 6.45) is 1.70. The Balaban J connectivity index is 2.02. The predicted molar refractivity (Wildman–Crippen MR) is 107 cm³/mol. The zero-order chi connectivity index (χ0) is 19.3. The minimum absolute atomic E-state index is 0.0227. The van der Waals surface area contributed by atoms with Crippen molar-refractivity contribution in [2.24, 2.45) is 0 Å². The minimum atomic E-state index is -0.618. The van der Waals surface area contributed by atoms with Gasteiger partial charge in [0.1, 0.15) is 11.4 Å². The number of hydrogen-bond donors (Lipinski definition) is 1. The van der Waals surface area contributed by atoms with Crippen LogP contribution in [0.5, 0.6) is 5.75 Å². The van der Waals surface area contributed by atoms with Crippen LogP contribution in [-0.4, -0.2) is 37.7 Å². The summed E-state index contributed by atoms with van der Waals surface area (Å²) in [6, 6.07) is 15.7. The van der Waals surface area contributed by atoms with Crippen molar-refractivity contribution in [3.8, 4) is 5.75 Å². The number of para-hydroxylation sites is 1. The maximum Gasteiger partial charge on any atom is 0.258 e. The molecule has 2 aromatic rings. The van der Waals surface area contributed by atoms with Gasteiger partial charge in [-0.15, -0.1) is 0 Å². The van der Waals surface area contributed by atoms with Gasteiger partial charge in [0, 0.05) is 19.3 Å². The number of methoxy groups -OCH3 is 1. The summed E-state index contributed by atoms with van der Waals surface area (Å²) in [5, 5.41) is 3.64. The highest BCUT2D eigenvalue weighted by Crippen LogP contribution is 2.40. The van der Waals surface area contributed by atoms with Gasteiger partial charge in [0.15, 0.2) is 0 Å². The lowest BCUT2D eigenvalue weighted by atomic mass is 9.89. The molecule has 1 heterocycles. The second-order valence-corrected chi connectivity index (χ2v) is 6.71. The number of carbonyl (C=O) groups excluding carboxylic acids is 1. The molecule has 1 unspecified atom stereocenters. The van der Waals surface area contributed by atoms with E-state index in [2.05, 4.69) is 19.2 Å². The molecule has 1 aliphatic heterocycles. The fraction of sp³-hybridized carbons (Fsp3) is 0.409. The summed E-state index contributed by atoms with van der Waals surface area (Å²) in [5.41, 5.74) is 1.98. The molecule has 0 aliphatic carbocycles. The number of ether oxygens (including phenoxy) is 2. The Bertz CT molecular complexity index is 775. The number of rotatable bonds is 8. The zero-order valence-electron chi connectivity index (χ0n) is 16.3. The molecule has 0 fully saturated rings. The van der Waals surface area contributed by atoms with Gasteiger partial charge in [0.05, 0.1) is 18.8 Å². The number of amides is 1. The van der Waals surface area contributed by atoms with E-state index in [9.17, 15) is 4.79 Å². The SMILES string of the molecule is CCCOc1ccc(C2(CC)Nc3ccccc3C(=O)N2CCOC)cc1. The fourth-order valence-corrected chi connectivity index (χ4v) is 3.62. The van der Waals surface area contributed by atoms with Crippen LogP contribution >= 0.6 is 0 Å². The van der Waals surface area contributed by atoms with E-state index in [1.54, 1.807) is 7.11 Å². The molecule has 2 aromatic carbocycles. The highest BCUT2D eigenvalue weighted by Gasteiger charge is 2.44. The van der Waals surface area contributed by atoms with E-state index in [-0.39, 0.29) is 5.91 Å². The third-order valence-electron chi connectivity index (χ3n) is 5.04. The summed E-state index contributed by atoms with van der Waals surface area (Å²) >= 11 is 0. The van der Waals surface area contributed by atoms with Crippen LogP contribution in [0.4, 0.5) is 5.69 Å². The minimum Gasteiger partial charge on any atom is -0.494 e. The number of anilines is 1. The lowest BCUT2D eigenvalue weighted by molar-refractivity contribution is 0.0381. The summed E-state index contributed by atoms with van der Waals surface area (Å²) < 4.78 is 11.0. The molecular formula is C22H28N2O3. The average Bonchev–Trinajstić information content (AvgIpc) is 2.72. The maximum atomic E-state index is 13.3. The Labute approximate surface area is 161 Å². The van der Waals surface area contributed by atoms with Gasteiger partial charge in [-0.1, -0.05) is 38.1 Å². The van der Waals surface area contributed by atoms with Gasteiger partial charge < -0.3 is 19.7 Å². The Kier molecular flexibility index (Phi) is 6.01. The van der Waals surface area contributed by atoms with E-state index in [1.165, 1.54) is 0 Å². The molecule has 0 saturated heterocycles. The first-order valence-electron chi connectivity index (χ1n) is 9.57. The van der Waals surface area contributed by atoms with Gasteiger partial charge in [-0.2, -0.15) is 0 Å². The Morgan fingerprint density at radius 3 is 2.44 bits per heavy atom. The van der Waals surface area contributed by atoms with E-state index < -0.39 is 5.66 Å². The molecule has 0 aromatic heterocycles. The molecule has 0 bridgehead atoms. The van der Waals surface area contributed by atoms with Crippen molar-refractivity contribution in [2.75, 3.05) is 32.2 Å². The number of hydrogen-bond acceptors (Lipinski definition) is 4. The van der Waals surface area contributed by atoms with Crippen molar-refractivity contribution in [1.29, 1.82) is 0 Å². The third-order valence-corrected chi connectivity index (χ3v) is 5.04. The fourth-order valence-electron chi connectivity index (χ4n) is 3.62. The van der Waals surface area contributed by atoms with Crippen molar-refractivity contribution in [1.82, 2.24) is 4.90 Å². The number of carbonyl (C=O) groups is 1. The number of benzene rings is 2. The van der Waals surface area contributed by atoms with Crippen molar-refractivity contribution in [3.05, 3.63) is 59.7 Å². The average molecular weight is 368 g/mol. The molecule has 1 aliphatic rings. The molecule has 5 nitrogen and oxygen atoms in total. The van der Waals surface area contributed by atoms with E-state index in [0.29, 0.717) is 25.3 Å². The number of fused-ring (bicyclic) bond motifs is 1. The molecule has 27 heavy (non-hydrogen) atoms. The summed E-state index contributed by atoms with van der Waals surface area (Å²) in [7, 11) is 1.66. The van der Waals surface area contributed by atoms with Crippen LogP contribution in [0.15, 0.2) is 48.5 Å². The molecule has 1 N–H and O–H groups in total. The normalized spacial score (nSPS) is 18.8. The Morgan fingerprint density at radius 1 is 1.04 bits per heavy atom. The first-order valence-corrected chi connectivity index (χ1v) is 9.57. The number of nitrogens with one attached hydrogen (secondary N) is 1. The van der Waals surface area contributed by atoms with Crippen LogP contribution in [0.3, 0.4) is 0 Å². The van der Waals surface area contributed by atoms with Gasteiger partial charge in [0.25, 0.3) is 5.91 Å². The molecule has 144 valence electrons. The molecule has 0 radical (unpaired) electrons. The van der Waals surface area contributed by atoms with Gasteiger partial charge in [-0.3, -0.25) is 4.79 Å². The van der Waals surface area contributed by atoms with Crippen LogP contribution in [0, 0.1) is 0 Å². The second-order valence-electron chi connectivity index (χ2n) is 6.71. The zero-order valence-corrected chi connectivity index (χ0v) is 16.3. The van der Waals surface area contributed by atoms with Gasteiger partial charge in [-0.05, 0) is 42.7 Å². The molecule has 1 amide bonds. The van der Waals surface area contributed by atoms with Crippen molar-refractivity contribution in [2.45, 2.75) is 32.4 Å². The van der Waals surface area contributed by atoms with Crippen LogP contribution < -0.4 is 10.1 Å². The van der Waals surface area contributed by atoms with E-state index >= 15 is 0 Å². The van der Waals surface area contributed by atoms with Crippen molar-refractivity contribution < 1.29 is 14.3 Å². The highest BCUT2D eigenvalue weighted by molar-refractivity contribution is 6.02. The molecule has 0 spiro atoms. The Hall–Kier alpha value is -2.53. The second kappa shape index (κ2) is 8.44. The van der Waals surface area contributed by atoms with Crippen LogP contribution in [0.1, 0.15) is 42.6 Å². The topological polar surface area (TPSA) is 50.8 Å². The first kappa shape index (κ1) is 19.2. The highest BCUT2D eigenvalue weighted by atomic mass is 16.5. The lowest BCUT2D eigenvalue weighted by Crippen LogP contribution is -2.58. The third kappa shape index (κ3) is 3.65. The monoisotopic (exact) mass is 368 g/mol. The van der Waals surface area contributed by atoms with Crippen molar-refractivity contribution >= 4 is 11.6 Å². The summed E-state index contributed by atoms with van der Waals surface area (Å²) in [4.78, 5) is 15.2. The molecular weight excluding hydrogens is 340 g/mol. The smallest absolute Gasteiger partial charge is 0.258 e. The Morgan fingerprint density at radius 2 is 1.78 bits per heavy atom. The molecule has 3 rings (SSSR count). The van der Waals surface area contributed by atoms with Gasteiger partial charge >= 0.3 is 0 Å². The lowest BCUT2D eigenvalue weighted by Gasteiger charge is -2.48. The van der Waals surface area contributed by atoms with E-state index in [0.717, 1.165) is 29.8 Å². The summed E-state index contributed by atoms with van der Waals surface area (Å²) in [5.74, 6) is 0.868. The maximum absolute atomic E-state index is 13.3. The van der Waals surface area contributed by atoms with Crippen LogP contribution in [0.25, 0.3) is 0 Å². The largest absolute Gasteiger partial charge is 0.494 e. The molecule has 1 atom stereocenters. The van der Waals surface area contributed by atoms with Crippen molar-refractivity contribution in [3.63, 3.8) is 0 Å². The van der Waals surface area contributed by atoms with E-state index in [1.807, 2.05) is 53.4 Å². The molecule has 0 saturated carbocycles. The number of nitrogens with zero attached hydrogens (tertiary/aromatic N) is 1. The van der Waals surface area contributed by atoms with Crippen LogP contribution in [-0.2, 0) is 10.4 Å². The van der Waals surface area contributed by atoms with Crippen LogP contribution in [0.2, 0.25) is 0 Å². The van der Waals surface area contributed by atoms with Gasteiger partial charge in [-0.25, -0.2) is 0 Å².